The molecule has 0 saturated carbocycles. The number of carbonyl (C=O) groups is 1. The monoisotopic (exact) mass is 351 g/mol. The van der Waals surface area contributed by atoms with Crippen molar-refractivity contribution in [3.63, 3.8) is 0 Å². The Morgan fingerprint density at radius 1 is 1.00 bits per heavy atom. The molecule has 0 spiro atoms. The van der Waals surface area contributed by atoms with Crippen molar-refractivity contribution < 1.29 is 4.79 Å². The summed E-state index contributed by atoms with van der Waals surface area (Å²) in [6.07, 6.45) is 0. The molecule has 3 heteroatoms. The van der Waals surface area contributed by atoms with E-state index in [-0.39, 0.29) is 5.91 Å². The Hall–Kier alpha value is -1.36. The van der Waals surface area contributed by atoms with Crippen LogP contribution in [0.15, 0.2) is 42.5 Å². The van der Waals surface area contributed by atoms with Gasteiger partial charge in [0.15, 0.2) is 0 Å². The van der Waals surface area contributed by atoms with Crippen molar-refractivity contribution in [3.8, 4) is 0 Å². The summed E-state index contributed by atoms with van der Waals surface area (Å²) in [7, 11) is 0. The fraction of sp³-hybridized carbons (Fsp3) is 0.133. The van der Waals surface area contributed by atoms with Crippen molar-refractivity contribution in [3.05, 3.63) is 62.7 Å². The third-order valence-electron chi connectivity index (χ3n) is 2.68. The molecule has 0 unspecified atom stereocenters. The zero-order chi connectivity index (χ0) is 13.1. The first-order chi connectivity index (χ1) is 8.56. The van der Waals surface area contributed by atoms with Crippen molar-refractivity contribution in [1.82, 2.24) is 0 Å². The molecule has 92 valence electrons. The van der Waals surface area contributed by atoms with E-state index in [1.807, 2.05) is 56.3 Å². The lowest BCUT2D eigenvalue weighted by atomic mass is 10.1. The molecule has 2 rings (SSSR count). The van der Waals surface area contributed by atoms with Gasteiger partial charge in [0.25, 0.3) is 5.91 Å². The average Bonchev–Trinajstić information content (AvgIpc) is 2.35. The summed E-state index contributed by atoms with van der Waals surface area (Å²) in [6, 6.07) is 13.7. The molecule has 0 atom stereocenters. The normalized spacial score (nSPS) is 10.2. The van der Waals surface area contributed by atoms with Gasteiger partial charge in [-0.1, -0.05) is 29.3 Å². The number of nitrogens with one attached hydrogen (secondary N) is 1. The van der Waals surface area contributed by atoms with E-state index in [1.165, 1.54) is 5.56 Å². The van der Waals surface area contributed by atoms with Gasteiger partial charge in [-0.05, 0) is 60.7 Å². The van der Waals surface area contributed by atoms with Crippen molar-refractivity contribution in [1.29, 1.82) is 0 Å². The van der Waals surface area contributed by atoms with Crippen LogP contribution in [0.1, 0.15) is 21.5 Å². The SMILES string of the molecule is Cc1ccc(NC(=O)c2cc(C)ccc2I)cc1. The Morgan fingerprint density at radius 3 is 2.28 bits per heavy atom. The van der Waals surface area contributed by atoms with Crippen LogP contribution in [0.25, 0.3) is 0 Å². The van der Waals surface area contributed by atoms with E-state index in [0.717, 1.165) is 20.4 Å². The fourth-order valence-corrected chi connectivity index (χ4v) is 2.23. The van der Waals surface area contributed by atoms with Crippen LogP contribution in [0.2, 0.25) is 0 Å². The van der Waals surface area contributed by atoms with Crippen LogP contribution >= 0.6 is 22.6 Å². The summed E-state index contributed by atoms with van der Waals surface area (Å²) in [6.45, 7) is 4.01. The fourth-order valence-electron chi connectivity index (χ4n) is 1.65. The molecule has 0 aliphatic carbocycles. The molecule has 0 bridgehead atoms. The highest BCUT2D eigenvalue weighted by Crippen LogP contribution is 2.16. The van der Waals surface area contributed by atoms with Crippen LogP contribution < -0.4 is 5.32 Å². The second-order valence-corrected chi connectivity index (χ2v) is 5.47. The smallest absolute Gasteiger partial charge is 0.256 e. The van der Waals surface area contributed by atoms with Crippen LogP contribution in [0.4, 0.5) is 5.69 Å². The third kappa shape index (κ3) is 3.10. The van der Waals surface area contributed by atoms with E-state index in [9.17, 15) is 4.79 Å². The van der Waals surface area contributed by atoms with Gasteiger partial charge in [0.2, 0.25) is 0 Å². The predicted molar refractivity (Wildman–Crippen MR) is 83.0 cm³/mol. The molecular weight excluding hydrogens is 337 g/mol. The highest BCUT2D eigenvalue weighted by atomic mass is 127. The average molecular weight is 351 g/mol. The number of aryl methyl sites for hydroxylation is 2. The summed E-state index contributed by atoms with van der Waals surface area (Å²) < 4.78 is 0.961. The van der Waals surface area contributed by atoms with E-state index in [4.69, 9.17) is 0 Å². The van der Waals surface area contributed by atoms with E-state index < -0.39 is 0 Å². The minimum atomic E-state index is -0.0630. The second kappa shape index (κ2) is 5.52. The largest absolute Gasteiger partial charge is 0.322 e. The second-order valence-electron chi connectivity index (χ2n) is 4.30. The number of halogens is 1. The molecule has 0 saturated heterocycles. The first-order valence-corrected chi connectivity index (χ1v) is 6.78. The molecular formula is C15H14INO. The van der Waals surface area contributed by atoms with Gasteiger partial charge in [0, 0.05) is 9.26 Å². The van der Waals surface area contributed by atoms with E-state index in [1.54, 1.807) is 0 Å². The molecule has 0 radical (unpaired) electrons. The van der Waals surface area contributed by atoms with Crippen molar-refractivity contribution >= 4 is 34.2 Å². The van der Waals surface area contributed by atoms with Gasteiger partial charge < -0.3 is 5.32 Å². The maximum absolute atomic E-state index is 12.2. The Labute approximate surface area is 121 Å². The summed E-state index contributed by atoms with van der Waals surface area (Å²) in [5, 5.41) is 2.91. The van der Waals surface area contributed by atoms with Crippen LogP contribution in [-0.2, 0) is 0 Å². The number of benzene rings is 2. The maximum atomic E-state index is 12.2. The van der Waals surface area contributed by atoms with Crippen LogP contribution in [0.5, 0.6) is 0 Å². The Balaban J connectivity index is 2.21. The summed E-state index contributed by atoms with van der Waals surface area (Å²) in [4.78, 5) is 12.2. The van der Waals surface area contributed by atoms with Crippen molar-refractivity contribution in [2.75, 3.05) is 5.32 Å². The standard InChI is InChI=1S/C15H14INO/c1-10-3-6-12(7-4-10)17-15(18)13-9-11(2)5-8-14(13)16/h3-9H,1-2H3,(H,17,18). The lowest BCUT2D eigenvalue weighted by Crippen LogP contribution is -2.13. The van der Waals surface area contributed by atoms with Gasteiger partial charge in [-0.25, -0.2) is 0 Å². The molecule has 2 aromatic carbocycles. The minimum absolute atomic E-state index is 0.0630. The molecule has 2 aromatic rings. The van der Waals surface area contributed by atoms with Crippen molar-refractivity contribution in [2.24, 2.45) is 0 Å². The first kappa shape index (κ1) is 13.1. The van der Waals surface area contributed by atoms with Gasteiger partial charge in [-0.2, -0.15) is 0 Å². The summed E-state index contributed by atoms with van der Waals surface area (Å²) >= 11 is 2.18. The molecule has 1 amide bonds. The minimum Gasteiger partial charge on any atom is -0.322 e. The molecule has 0 heterocycles. The predicted octanol–water partition coefficient (Wildman–Crippen LogP) is 4.16. The van der Waals surface area contributed by atoms with Crippen LogP contribution in [0.3, 0.4) is 0 Å². The Morgan fingerprint density at radius 2 is 1.61 bits per heavy atom. The molecule has 1 N–H and O–H groups in total. The number of anilines is 1. The zero-order valence-electron chi connectivity index (χ0n) is 10.3. The molecule has 0 fully saturated rings. The third-order valence-corrected chi connectivity index (χ3v) is 3.62. The summed E-state index contributed by atoms with van der Waals surface area (Å²) in [5.74, 6) is -0.0630. The van der Waals surface area contributed by atoms with E-state index in [2.05, 4.69) is 27.9 Å². The lowest BCUT2D eigenvalue weighted by Gasteiger charge is -2.08. The maximum Gasteiger partial charge on any atom is 0.256 e. The molecule has 2 nitrogen and oxygen atoms in total. The van der Waals surface area contributed by atoms with Gasteiger partial charge in [-0.3, -0.25) is 4.79 Å². The molecule has 0 aliphatic heterocycles. The molecule has 0 aromatic heterocycles. The van der Waals surface area contributed by atoms with Crippen LogP contribution in [-0.4, -0.2) is 5.91 Å². The number of carbonyl (C=O) groups excluding carboxylic acids is 1. The van der Waals surface area contributed by atoms with Crippen LogP contribution in [0, 0.1) is 17.4 Å². The highest BCUT2D eigenvalue weighted by molar-refractivity contribution is 14.1. The number of amides is 1. The topological polar surface area (TPSA) is 29.1 Å². The van der Waals surface area contributed by atoms with Gasteiger partial charge >= 0.3 is 0 Å². The van der Waals surface area contributed by atoms with Gasteiger partial charge in [-0.15, -0.1) is 0 Å². The number of hydrogen-bond donors (Lipinski definition) is 1. The zero-order valence-corrected chi connectivity index (χ0v) is 12.5. The number of hydrogen-bond acceptors (Lipinski definition) is 1. The number of rotatable bonds is 2. The van der Waals surface area contributed by atoms with Gasteiger partial charge in [0.05, 0.1) is 5.56 Å². The summed E-state index contributed by atoms with van der Waals surface area (Å²) in [5.41, 5.74) is 3.81. The quantitative estimate of drug-likeness (QED) is 0.809. The molecule has 18 heavy (non-hydrogen) atoms. The van der Waals surface area contributed by atoms with Gasteiger partial charge in [0.1, 0.15) is 0 Å². The molecule has 0 aliphatic rings. The lowest BCUT2D eigenvalue weighted by molar-refractivity contribution is 0.102. The first-order valence-electron chi connectivity index (χ1n) is 5.70. The Kier molecular flexibility index (Phi) is 4.01. The van der Waals surface area contributed by atoms with E-state index >= 15 is 0 Å². The highest BCUT2D eigenvalue weighted by Gasteiger charge is 2.10. The van der Waals surface area contributed by atoms with Crippen molar-refractivity contribution in [2.45, 2.75) is 13.8 Å². The Bertz CT molecular complexity index is 576. The van der Waals surface area contributed by atoms with E-state index in [0.29, 0.717) is 0 Å².